The molecule has 1 atom stereocenters. The number of carbonyl (C=O) groups is 3. The third kappa shape index (κ3) is 47.3. The quantitative estimate of drug-likeness (QED) is 0.0345. The van der Waals surface area contributed by atoms with Crippen LogP contribution in [0, 0.1) is 17.8 Å². The molecule has 59 heavy (non-hydrogen) atoms. The minimum Gasteiger partial charge on any atom is -0.462 e. The predicted octanol–water partition coefficient (Wildman–Crippen LogP) is 16.8. The van der Waals surface area contributed by atoms with Crippen LogP contribution in [0.2, 0.25) is 0 Å². The monoisotopic (exact) mass is 835 g/mol. The lowest BCUT2D eigenvalue weighted by Crippen LogP contribution is -2.30. The number of hydrogen-bond acceptors (Lipinski definition) is 6. The van der Waals surface area contributed by atoms with E-state index in [9.17, 15) is 14.4 Å². The second kappa shape index (κ2) is 44.5. The summed E-state index contributed by atoms with van der Waals surface area (Å²) in [6, 6.07) is 0. The number of esters is 3. The van der Waals surface area contributed by atoms with Gasteiger partial charge < -0.3 is 14.2 Å². The van der Waals surface area contributed by atoms with Crippen molar-refractivity contribution in [1.82, 2.24) is 0 Å². The summed E-state index contributed by atoms with van der Waals surface area (Å²) in [7, 11) is 0. The van der Waals surface area contributed by atoms with Crippen molar-refractivity contribution in [2.45, 2.75) is 292 Å². The molecule has 6 nitrogen and oxygen atoms in total. The van der Waals surface area contributed by atoms with Gasteiger partial charge in [0.2, 0.25) is 0 Å². The molecule has 0 amide bonds. The van der Waals surface area contributed by atoms with Gasteiger partial charge >= 0.3 is 17.9 Å². The molecule has 0 saturated heterocycles. The first-order chi connectivity index (χ1) is 28.6. The van der Waals surface area contributed by atoms with Gasteiger partial charge in [0.15, 0.2) is 6.10 Å². The van der Waals surface area contributed by atoms with E-state index < -0.39 is 6.10 Å². The summed E-state index contributed by atoms with van der Waals surface area (Å²) in [6.45, 7) is 13.7. The normalized spacial score (nSPS) is 12.2. The van der Waals surface area contributed by atoms with Crippen molar-refractivity contribution in [2.24, 2.45) is 17.8 Å². The average molecular weight is 835 g/mol. The van der Waals surface area contributed by atoms with Gasteiger partial charge in [0, 0.05) is 19.3 Å². The topological polar surface area (TPSA) is 78.9 Å². The minimum absolute atomic E-state index is 0.0652. The van der Waals surface area contributed by atoms with Crippen molar-refractivity contribution in [2.75, 3.05) is 13.2 Å². The van der Waals surface area contributed by atoms with E-state index in [2.05, 4.69) is 41.5 Å². The van der Waals surface area contributed by atoms with E-state index in [1.54, 1.807) is 0 Å². The first-order valence-corrected chi connectivity index (χ1v) is 26.1. The molecule has 0 fully saturated rings. The van der Waals surface area contributed by atoms with Crippen molar-refractivity contribution in [1.29, 1.82) is 0 Å². The van der Waals surface area contributed by atoms with Crippen LogP contribution in [-0.2, 0) is 28.6 Å². The Morgan fingerprint density at radius 2 is 0.492 bits per heavy atom. The molecule has 0 spiro atoms. The Labute approximate surface area is 368 Å². The maximum Gasteiger partial charge on any atom is 0.306 e. The predicted molar refractivity (Wildman–Crippen MR) is 252 cm³/mol. The van der Waals surface area contributed by atoms with Gasteiger partial charge in [-0.3, -0.25) is 14.4 Å². The fourth-order valence-corrected chi connectivity index (χ4v) is 7.94. The summed E-state index contributed by atoms with van der Waals surface area (Å²) < 4.78 is 16.8. The lowest BCUT2D eigenvalue weighted by molar-refractivity contribution is -0.167. The van der Waals surface area contributed by atoms with Crippen LogP contribution in [0.3, 0.4) is 0 Å². The van der Waals surface area contributed by atoms with Crippen LogP contribution in [0.25, 0.3) is 0 Å². The van der Waals surface area contributed by atoms with Gasteiger partial charge in [0.1, 0.15) is 13.2 Å². The molecule has 0 aliphatic carbocycles. The smallest absolute Gasteiger partial charge is 0.306 e. The molecule has 0 saturated carbocycles. The molecule has 0 unspecified atom stereocenters. The van der Waals surface area contributed by atoms with E-state index in [0.29, 0.717) is 19.3 Å². The van der Waals surface area contributed by atoms with Crippen LogP contribution >= 0.6 is 0 Å². The molecule has 6 heteroatoms. The molecule has 0 N–H and O–H groups in total. The Bertz CT molecular complexity index is 914. The van der Waals surface area contributed by atoms with Crippen molar-refractivity contribution in [3.63, 3.8) is 0 Å². The molecule has 0 rings (SSSR count). The molecule has 0 aromatic carbocycles. The molecule has 0 bridgehead atoms. The van der Waals surface area contributed by atoms with E-state index in [1.807, 2.05) is 0 Å². The summed E-state index contributed by atoms with van der Waals surface area (Å²) >= 11 is 0. The number of rotatable bonds is 46. The number of hydrogen-bond donors (Lipinski definition) is 0. The molecule has 0 heterocycles. The molecule has 0 radical (unpaired) electrons. The first kappa shape index (κ1) is 57.4. The number of carbonyl (C=O) groups excluding carboxylic acids is 3. The Balaban J connectivity index is 4.29. The summed E-state index contributed by atoms with van der Waals surface area (Å²) in [4.78, 5) is 37.9. The van der Waals surface area contributed by atoms with Gasteiger partial charge in [-0.15, -0.1) is 0 Å². The lowest BCUT2D eigenvalue weighted by Gasteiger charge is -2.18. The van der Waals surface area contributed by atoms with Crippen LogP contribution in [0.1, 0.15) is 286 Å². The van der Waals surface area contributed by atoms with Crippen LogP contribution < -0.4 is 0 Å². The van der Waals surface area contributed by atoms with Crippen LogP contribution in [0.4, 0.5) is 0 Å². The maximum absolute atomic E-state index is 12.8. The molecular weight excluding hydrogens is 733 g/mol. The van der Waals surface area contributed by atoms with Gasteiger partial charge in [0.25, 0.3) is 0 Å². The zero-order chi connectivity index (χ0) is 43.4. The van der Waals surface area contributed by atoms with Crippen LogP contribution in [-0.4, -0.2) is 37.2 Å². The fraction of sp³-hybridized carbons (Fsp3) is 0.943. The van der Waals surface area contributed by atoms with Crippen molar-refractivity contribution in [3.8, 4) is 0 Å². The Hall–Kier alpha value is -1.59. The van der Waals surface area contributed by atoms with E-state index >= 15 is 0 Å². The molecule has 0 aliphatic rings. The highest BCUT2D eigenvalue weighted by atomic mass is 16.6. The Morgan fingerprint density at radius 1 is 0.288 bits per heavy atom. The Morgan fingerprint density at radius 3 is 0.729 bits per heavy atom. The standard InChI is InChI=1S/C53H102O6/c1-47(2)39-33-27-21-15-12-10-8-7-9-11-13-17-26-32-38-44-53(56)59-50(46-58-52(55)43-37-31-25-20-19-23-29-35-41-49(5)6)45-57-51(54)42-36-30-24-18-14-16-22-28-34-40-48(3)4/h47-50H,7-46H2,1-6H3/t50-/m0/s1. The molecular formula is C53H102O6. The largest absolute Gasteiger partial charge is 0.462 e. The highest BCUT2D eigenvalue weighted by molar-refractivity contribution is 5.71. The number of ether oxygens (including phenoxy) is 3. The highest BCUT2D eigenvalue weighted by Crippen LogP contribution is 2.18. The zero-order valence-electron chi connectivity index (χ0n) is 40.5. The van der Waals surface area contributed by atoms with Gasteiger partial charge in [-0.25, -0.2) is 0 Å². The van der Waals surface area contributed by atoms with Crippen molar-refractivity contribution >= 4 is 17.9 Å². The second-order valence-electron chi connectivity index (χ2n) is 19.6. The highest BCUT2D eigenvalue weighted by Gasteiger charge is 2.19. The van der Waals surface area contributed by atoms with Gasteiger partial charge in [0.05, 0.1) is 0 Å². The second-order valence-corrected chi connectivity index (χ2v) is 19.6. The lowest BCUT2D eigenvalue weighted by atomic mass is 10.0. The molecule has 350 valence electrons. The van der Waals surface area contributed by atoms with Crippen LogP contribution in [0.15, 0.2) is 0 Å². The molecule has 0 aromatic rings. The summed E-state index contributed by atoms with van der Waals surface area (Å²) in [6.07, 6.45) is 43.8. The minimum atomic E-state index is -0.763. The zero-order valence-corrected chi connectivity index (χ0v) is 40.5. The van der Waals surface area contributed by atoms with Crippen molar-refractivity contribution < 1.29 is 28.6 Å². The van der Waals surface area contributed by atoms with E-state index in [-0.39, 0.29) is 31.1 Å². The summed E-state index contributed by atoms with van der Waals surface area (Å²) in [5.74, 6) is 1.60. The third-order valence-electron chi connectivity index (χ3n) is 11.9. The number of unbranched alkanes of at least 4 members (excludes halogenated alkanes) is 29. The SMILES string of the molecule is CC(C)CCCCCCCCCCCCCCCCCC(=O)O[C@@H](COC(=O)CCCCCCCCCCCC(C)C)COC(=O)CCCCCCCCCCC(C)C. The van der Waals surface area contributed by atoms with E-state index in [4.69, 9.17) is 14.2 Å². The van der Waals surface area contributed by atoms with Gasteiger partial charge in [-0.05, 0) is 37.0 Å². The first-order valence-electron chi connectivity index (χ1n) is 26.1. The van der Waals surface area contributed by atoms with Gasteiger partial charge in [-0.2, -0.15) is 0 Å². The summed E-state index contributed by atoms with van der Waals surface area (Å²) in [5.41, 5.74) is 0. The third-order valence-corrected chi connectivity index (χ3v) is 11.9. The molecule has 0 aliphatic heterocycles. The Kier molecular flexibility index (Phi) is 43.3. The summed E-state index contributed by atoms with van der Waals surface area (Å²) in [5, 5.41) is 0. The van der Waals surface area contributed by atoms with E-state index in [0.717, 1.165) is 75.5 Å². The fourth-order valence-electron chi connectivity index (χ4n) is 7.94. The van der Waals surface area contributed by atoms with Gasteiger partial charge in [-0.1, -0.05) is 247 Å². The van der Waals surface area contributed by atoms with Crippen LogP contribution in [0.5, 0.6) is 0 Å². The maximum atomic E-state index is 12.8. The average Bonchev–Trinajstić information content (AvgIpc) is 3.19. The van der Waals surface area contributed by atoms with Crippen molar-refractivity contribution in [3.05, 3.63) is 0 Å². The molecule has 0 aromatic heterocycles. The van der Waals surface area contributed by atoms with E-state index in [1.165, 1.54) is 167 Å².